The first-order chi connectivity index (χ1) is 6.45. The Labute approximate surface area is 79.2 Å². The highest BCUT2D eigenvalue weighted by molar-refractivity contribution is 5.35. The van der Waals surface area contributed by atoms with Gasteiger partial charge in [-0.1, -0.05) is 24.3 Å². The summed E-state index contributed by atoms with van der Waals surface area (Å²) >= 11 is 0. The van der Waals surface area contributed by atoms with Crippen molar-refractivity contribution in [1.82, 2.24) is 5.32 Å². The molecule has 2 aliphatic rings. The van der Waals surface area contributed by atoms with Crippen LogP contribution in [0.15, 0.2) is 24.3 Å². The van der Waals surface area contributed by atoms with Crippen LogP contribution in [0.3, 0.4) is 0 Å². The van der Waals surface area contributed by atoms with Crippen LogP contribution in [0, 0.1) is 0 Å². The van der Waals surface area contributed by atoms with Crippen LogP contribution in [0.25, 0.3) is 0 Å². The van der Waals surface area contributed by atoms with Crippen molar-refractivity contribution in [3.8, 4) is 0 Å². The summed E-state index contributed by atoms with van der Waals surface area (Å²) in [5, 5.41) is 3.60. The number of nitrogens with one attached hydrogen (secondary N) is 1. The maximum absolute atomic E-state index is 3.60. The van der Waals surface area contributed by atoms with Gasteiger partial charge >= 0.3 is 0 Å². The van der Waals surface area contributed by atoms with Gasteiger partial charge in [0.15, 0.2) is 0 Å². The van der Waals surface area contributed by atoms with E-state index >= 15 is 0 Å². The van der Waals surface area contributed by atoms with Gasteiger partial charge in [-0.2, -0.15) is 0 Å². The van der Waals surface area contributed by atoms with Crippen molar-refractivity contribution < 1.29 is 0 Å². The van der Waals surface area contributed by atoms with E-state index in [-0.39, 0.29) is 0 Å². The fraction of sp³-hybridized carbons (Fsp3) is 0.500. The zero-order valence-corrected chi connectivity index (χ0v) is 7.79. The summed E-state index contributed by atoms with van der Waals surface area (Å²) in [7, 11) is 0. The third-order valence-electron chi connectivity index (χ3n) is 3.53. The normalized spacial score (nSPS) is 31.1. The van der Waals surface area contributed by atoms with Crippen molar-refractivity contribution in [2.45, 2.75) is 31.2 Å². The molecule has 1 aliphatic heterocycles. The molecule has 0 amide bonds. The minimum Gasteiger partial charge on any atom is -0.313 e. The van der Waals surface area contributed by atoms with Gasteiger partial charge in [0.05, 0.1) is 0 Å². The second-order valence-electron chi connectivity index (χ2n) is 4.19. The summed E-state index contributed by atoms with van der Waals surface area (Å²) in [6.07, 6.45) is 3.94. The Balaban J connectivity index is 2.06. The topological polar surface area (TPSA) is 12.0 Å². The monoisotopic (exact) mass is 173 g/mol. The zero-order valence-electron chi connectivity index (χ0n) is 7.79. The van der Waals surface area contributed by atoms with E-state index in [9.17, 15) is 0 Å². The summed E-state index contributed by atoms with van der Waals surface area (Å²) < 4.78 is 0. The molecule has 0 aromatic heterocycles. The maximum atomic E-state index is 3.60. The minimum absolute atomic E-state index is 0.773. The van der Waals surface area contributed by atoms with E-state index in [1.807, 2.05) is 0 Å². The number of benzene rings is 1. The molecule has 0 saturated carbocycles. The molecule has 1 nitrogen and oxygen atoms in total. The Morgan fingerprint density at radius 3 is 3.08 bits per heavy atom. The largest absolute Gasteiger partial charge is 0.313 e. The first kappa shape index (κ1) is 7.57. The quantitative estimate of drug-likeness (QED) is 0.633. The SMILES string of the molecule is c1ccc2c(c1)CC[C@@H]1NCC[C@H]21. The molecule has 68 valence electrons. The highest BCUT2D eigenvalue weighted by Crippen LogP contribution is 2.36. The van der Waals surface area contributed by atoms with E-state index in [0.717, 1.165) is 12.0 Å². The van der Waals surface area contributed by atoms with E-state index in [1.54, 1.807) is 11.1 Å². The predicted octanol–water partition coefficient (Wildman–Crippen LogP) is 2.08. The Kier molecular flexibility index (Phi) is 1.66. The summed E-state index contributed by atoms with van der Waals surface area (Å²) in [6, 6.07) is 9.74. The molecule has 0 bridgehead atoms. The van der Waals surface area contributed by atoms with Gasteiger partial charge in [-0.3, -0.25) is 0 Å². The van der Waals surface area contributed by atoms with E-state index in [1.165, 1.54) is 25.8 Å². The molecular weight excluding hydrogens is 158 g/mol. The van der Waals surface area contributed by atoms with E-state index in [4.69, 9.17) is 0 Å². The standard InChI is InChI=1S/C12H15N/c1-2-4-10-9(3-1)5-6-12-11(10)7-8-13-12/h1-4,11-13H,5-8H2/t11-,12+/m1/s1. The molecule has 0 radical (unpaired) electrons. The fourth-order valence-electron chi connectivity index (χ4n) is 2.88. The smallest absolute Gasteiger partial charge is 0.0139 e. The van der Waals surface area contributed by atoms with Crippen LogP contribution in [0.2, 0.25) is 0 Å². The third kappa shape index (κ3) is 1.11. The Hall–Kier alpha value is -0.820. The van der Waals surface area contributed by atoms with Crippen molar-refractivity contribution in [3.05, 3.63) is 35.4 Å². The molecule has 1 fully saturated rings. The van der Waals surface area contributed by atoms with Crippen LogP contribution in [-0.2, 0) is 6.42 Å². The highest BCUT2D eigenvalue weighted by Gasteiger charge is 2.32. The van der Waals surface area contributed by atoms with Gasteiger partial charge in [0.25, 0.3) is 0 Å². The molecule has 1 aromatic carbocycles. The lowest BCUT2D eigenvalue weighted by molar-refractivity contribution is 0.481. The molecule has 3 rings (SSSR count). The molecule has 1 heteroatoms. The molecule has 1 aromatic rings. The Bertz CT molecular complexity index is 319. The summed E-state index contributed by atoms with van der Waals surface area (Å²) in [5.74, 6) is 0.810. The molecular formula is C12H15N. The predicted molar refractivity (Wildman–Crippen MR) is 53.9 cm³/mol. The van der Waals surface area contributed by atoms with E-state index in [2.05, 4.69) is 29.6 Å². The molecule has 1 aliphatic carbocycles. The molecule has 0 spiro atoms. The zero-order chi connectivity index (χ0) is 8.67. The van der Waals surface area contributed by atoms with Gasteiger partial charge < -0.3 is 5.32 Å². The lowest BCUT2D eigenvalue weighted by atomic mass is 9.80. The van der Waals surface area contributed by atoms with E-state index < -0.39 is 0 Å². The van der Waals surface area contributed by atoms with Crippen LogP contribution in [0.5, 0.6) is 0 Å². The van der Waals surface area contributed by atoms with Crippen molar-refractivity contribution in [2.75, 3.05) is 6.54 Å². The molecule has 2 atom stereocenters. The van der Waals surface area contributed by atoms with Crippen LogP contribution >= 0.6 is 0 Å². The van der Waals surface area contributed by atoms with Crippen LogP contribution in [0.1, 0.15) is 29.9 Å². The lowest BCUT2D eigenvalue weighted by Gasteiger charge is -2.27. The second-order valence-corrected chi connectivity index (χ2v) is 4.19. The summed E-state index contributed by atoms with van der Waals surface area (Å²) in [4.78, 5) is 0. The number of aryl methyl sites for hydroxylation is 1. The van der Waals surface area contributed by atoms with Gasteiger partial charge in [-0.15, -0.1) is 0 Å². The molecule has 1 N–H and O–H groups in total. The van der Waals surface area contributed by atoms with Crippen LogP contribution in [-0.4, -0.2) is 12.6 Å². The van der Waals surface area contributed by atoms with Gasteiger partial charge in [-0.25, -0.2) is 0 Å². The number of rotatable bonds is 0. The molecule has 13 heavy (non-hydrogen) atoms. The number of fused-ring (bicyclic) bond motifs is 3. The van der Waals surface area contributed by atoms with Gasteiger partial charge in [0.1, 0.15) is 0 Å². The van der Waals surface area contributed by atoms with Crippen molar-refractivity contribution in [1.29, 1.82) is 0 Å². The van der Waals surface area contributed by atoms with Crippen LogP contribution < -0.4 is 5.32 Å². The molecule has 0 unspecified atom stereocenters. The first-order valence-corrected chi connectivity index (χ1v) is 5.26. The Morgan fingerprint density at radius 1 is 1.15 bits per heavy atom. The van der Waals surface area contributed by atoms with E-state index in [0.29, 0.717) is 0 Å². The molecule has 1 heterocycles. The number of hydrogen-bond donors (Lipinski definition) is 1. The first-order valence-electron chi connectivity index (χ1n) is 5.26. The second kappa shape index (κ2) is 2.85. The molecule has 1 saturated heterocycles. The van der Waals surface area contributed by atoms with Gasteiger partial charge in [-0.05, 0) is 36.9 Å². The Morgan fingerprint density at radius 2 is 2.08 bits per heavy atom. The summed E-state index contributed by atoms with van der Waals surface area (Å²) in [5.41, 5.74) is 3.20. The van der Waals surface area contributed by atoms with Gasteiger partial charge in [0, 0.05) is 12.0 Å². The minimum atomic E-state index is 0.773. The van der Waals surface area contributed by atoms with Crippen molar-refractivity contribution >= 4 is 0 Å². The fourth-order valence-corrected chi connectivity index (χ4v) is 2.88. The van der Waals surface area contributed by atoms with Crippen molar-refractivity contribution in [2.24, 2.45) is 0 Å². The maximum Gasteiger partial charge on any atom is 0.0139 e. The third-order valence-corrected chi connectivity index (χ3v) is 3.53. The lowest BCUT2D eigenvalue weighted by Crippen LogP contribution is -2.30. The highest BCUT2D eigenvalue weighted by atomic mass is 15.0. The average molecular weight is 173 g/mol. The number of hydrogen-bond acceptors (Lipinski definition) is 1. The average Bonchev–Trinajstić information content (AvgIpc) is 2.65. The summed E-state index contributed by atoms with van der Waals surface area (Å²) in [6.45, 7) is 1.21. The van der Waals surface area contributed by atoms with Crippen molar-refractivity contribution in [3.63, 3.8) is 0 Å². The van der Waals surface area contributed by atoms with Gasteiger partial charge in [0.2, 0.25) is 0 Å². The van der Waals surface area contributed by atoms with Crippen LogP contribution in [0.4, 0.5) is 0 Å².